The van der Waals surface area contributed by atoms with Gasteiger partial charge in [-0.3, -0.25) is 14.9 Å². The fraction of sp³-hybridized carbons (Fsp3) is 0.235. The Kier molecular flexibility index (Phi) is 5.49. The monoisotopic (exact) mass is 367 g/mol. The number of rotatable bonds is 5. The van der Waals surface area contributed by atoms with Crippen molar-refractivity contribution in [2.45, 2.75) is 12.6 Å². The molecule has 0 atom stereocenters. The maximum Gasteiger partial charge on any atom is 0.416 e. The molecular weight excluding hydrogens is 351 g/mol. The van der Waals surface area contributed by atoms with Crippen LogP contribution >= 0.6 is 0 Å². The molecule has 2 rings (SSSR count). The van der Waals surface area contributed by atoms with Crippen LogP contribution in [-0.2, 0) is 17.4 Å². The van der Waals surface area contributed by atoms with E-state index < -0.39 is 22.6 Å². The van der Waals surface area contributed by atoms with Gasteiger partial charge in [-0.05, 0) is 23.8 Å². The minimum Gasteiger partial charge on any atom is -0.376 e. The first-order valence-corrected chi connectivity index (χ1v) is 7.49. The van der Waals surface area contributed by atoms with Crippen LogP contribution in [0.3, 0.4) is 0 Å². The predicted molar refractivity (Wildman–Crippen MR) is 91.2 cm³/mol. The SMILES string of the molecule is CN(C)c1ccc(C(F)(F)F)cc1NC(=O)Cc1ccc([N+](=O)[O-])cc1. The lowest BCUT2D eigenvalue weighted by atomic mass is 10.1. The highest BCUT2D eigenvalue weighted by Crippen LogP contribution is 2.35. The summed E-state index contributed by atoms with van der Waals surface area (Å²) in [7, 11) is 3.29. The predicted octanol–water partition coefficient (Wildman–Crippen LogP) is 3.86. The Bertz CT molecular complexity index is 818. The molecule has 1 amide bonds. The lowest BCUT2D eigenvalue weighted by molar-refractivity contribution is -0.384. The minimum absolute atomic E-state index is 0.0386. The zero-order valence-electron chi connectivity index (χ0n) is 14.0. The highest BCUT2D eigenvalue weighted by molar-refractivity contribution is 5.95. The van der Waals surface area contributed by atoms with E-state index in [0.717, 1.165) is 12.1 Å². The van der Waals surface area contributed by atoms with Gasteiger partial charge in [0.15, 0.2) is 0 Å². The number of anilines is 2. The largest absolute Gasteiger partial charge is 0.416 e. The Labute approximate surface area is 147 Å². The maximum absolute atomic E-state index is 12.9. The Morgan fingerprint density at radius 3 is 2.27 bits per heavy atom. The number of carbonyl (C=O) groups excluding carboxylic acids is 1. The Hall–Kier alpha value is -3.10. The molecule has 0 heterocycles. The average molecular weight is 367 g/mol. The molecule has 6 nitrogen and oxygen atoms in total. The third-order valence-corrected chi connectivity index (χ3v) is 3.59. The van der Waals surface area contributed by atoms with Crippen LogP contribution in [0.2, 0.25) is 0 Å². The summed E-state index contributed by atoms with van der Waals surface area (Å²) in [6.45, 7) is 0. The van der Waals surface area contributed by atoms with E-state index in [0.29, 0.717) is 11.3 Å². The highest BCUT2D eigenvalue weighted by atomic mass is 19.4. The number of carbonyl (C=O) groups is 1. The lowest BCUT2D eigenvalue weighted by Gasteiger charge is -2.20. The van der Waals surface area contributed by atoms with Gasteiger partial charge in [0.1, 0.15) is 0 Å². The summed E-state index contributed by atoms with van der Waals surface area (Å²) in [6, 6.07) is 8.48. The molecule has 0 saturated heterocycles. The van der Waals surface area contributed by atoms with Gasteiger partial charge in [-0.2, -0.15) is 13.2 Å². The topological polar surface area (TPSA) is 75.5 Å². The molecule has 0 radical (unpaired) electrons. The molecule has 0 fully saturated rings. The van der Waals surface area contributed by atoms with Crippen LogP contribution < -0.4 is 10.2 Å². The van der Waals surface area contributed by atoms with Gasteiger partial charge in [0.2, 0.25) is 5.91 Å². The number of halogens is 3. The quantitative estimate of drug-likeness (QED) is 0.643. The van der Waals surface area contributed by atoms with Crippen LogP contribution in [0.15, 0.2) is 42.5 Å². The van der Waals surface area contributed by atoms with E-state index in [2.05, 4.69) is 5.32 Å². The van der Waals surface area contributed by atoms with Crippen molar-refractivity contribution in [3.8, 4) is 0 Å². The molecule has 0 saturated carbocycles. The molecule has 9 heteroatoms. The van der Waals surface area contributed by atoms with E-state index >= 15 is 0 Å². The van der Waals surface area contributed by atoms with Crippen molar-refractivity contribution in [3.05, 3.63) is 63.7 Å². The summed E-state index contributed by atoms with van der Waals surface area (Å²) in [5.41, 5.74) is -0.00562. The maximum atomic E-state index is 12.9. The zero-order chi connectivity index (χ0) is 19.5. The molecule has 0 bridgehead atoms. The van der Waals surface area contributed by atoms with E-state index in [1.165, 1.54) is 30.3 Å². The van der Waals surface area contributed by atoms with Gasteiger partial charge in [-0.25, -0.2) is 0 Å². The van der Waals surface area contributed by atoms with Crippen molar-refractivity contribution in [1.29, 1.82) is 0 Å². The lowest BCUT2D eigenvalue weighted by Crippen LogP contribution is -2.19. The normalized spacial score (nSPS) is 11.1. The first kappa shape index (κ1) is 19.2. The molecule has 0 aliphatic carbocycles. The number of amides is 1. The van der Waals surface area contributed by atoms with E-state index in [-0.39, 0.29) is 17.8 Å². The number of nitro groups is 1. The van der Waals surface area contributed by atoms with Crippen molar-refractivity contribution in [3.63, 3.8) is 0 Å². The molecule has 0 spiro atoms. The Morgan fingerprint density at radius 2 is 1.77 bits per heavy atom. The molecule has 26 heavy (non-hydrogen) atoms. The molecule has 0 aromatic heterocycles. The Balaban J connectivity index is 2.20. The second-order valence-corrected chi connectivity index (χ2v) is 5.77. The number of nitrogens with zero attached hydrogens (tertiary/aromatic N) is 2. The van der Waals surface area contributed by atoms with Crippen LogP contribution in [0.5, 0.6) is 0 Å². The summed E-state index contributed by atoms with van der Waals surface area (Å²) < 4.78 is 38.7. The van der Waals surface area contributed by atoms with Gasteiger partial charge >= 0.3 is 6.18 Å². The van der Waals surface area contributed by atoms with Gasteiger partial charge in [0.25, 0.3) is 5.69 Å². The van der Waals surface area contributed by atoms with Gasteiger partial charge in [0.05, 0.1) is 28.3 Å². The van der Waals surface area contributed by atoms with Crippen molar-refractivity contribution >= 4 is 23.0 Å². The number of non-ortho nitro benzene ring substituents is 1. The molecule has 2 aromatic carbocycles. The van der Waals surface area contributed by atoms with Gasteiger partial charge in [-0.1, -0.05) is 12.1 Å². The number of nitro benzene ring substituents is 1. The molecular formula is C17H16F3N3O3. The first-order valence-electron chi connectivity index (χ1n) is 7.49. The van der Waals surface area contributed by atoms with Crippen molar-refractivity contribution in [2.24, 2.45) is 0 Å². The number of nitrogens with one attached hydrogen (secondary N) is 1. The van der Waals surface area contributed by atoms with Crippen LogP contribution in [0.4, 0.5) is 30.2 Å². The zero-order valence-corrected chi connectivity index (χ0v) is 14.0. The first-order chi connectivity index (χ1) is 12.1. The fourth-order valence-corrected chi connectivity index (χ4v) is 2.32. The van der Waals surface area contributed by atoms with E-state index in [1.54, 1.807) is 19.0 Å². The van der Waals surface area contributed by atoms with Gasteiger partial charge in [-0.15, -0.1) is 0 Å². The average Bonchev–Trinajstić information content (AvgIpc) is 2.54. The van der Waals surface area contributed by atoms with Gasteiger partial charge < -0.3 is 10.2 Å². The van der Waals surface area contributed by atoms with Crippen molar-refractivity contribution in [1.82, 2.24) is 0 Å². The number of alkyl halides is 3. The molecule has 0 aliphatic heterocycles. The standard InChI is InChI=1S/C17H16F3N3O3/c1-22(2)15-8-5-12(17(18,19)20)10-14(15)21-16(24)9-11-3-6-13(7-4-11)23(25)26/h3-8,10H,9H2,1-2H3,(H,21,24). The number of hydrogen-bond donors (Lipinski definition) is 1. The fourth-order valence-electron chi connectivity index (χ4n) is 2.32. The summed E-state index contributed by atoms with van der Waals surface area (Å²) in [5.74, 6) is -0.527. The van der Waals surface area contributed by atoms with Crippen LogP contribution in [0.25, 0.3) is 0 Å². The summed E-state index contributed by atoms with van der Waals surface area (Å²) in [5, 5.41) is 13.1. The van der Waals surface area contributed by atoms with E-state index in [4.69, 9.17) is 0 Å². The number of hydrogen-bond acceptors (Lipinski definition) is 4. The Morgan fingerprint density at radius 1 is 1.15 bits per heavy atom. The third kappa shape index (κ3) is 4.71. The van der Waals surface area contributed by atoms with Crippen LogP contribution in [0.1, 0.15) is 11.1 Å². The van der Waals surface area contributed by atoms with Crippen molar-refractivity contribution in [2.75, 3.05) is 24.3 Å². The molecule has 0 aliphatic rings. The van der Waals surface area contributed by atoms with E-state index in [1.807, 2.05) is 0 Å². The summed E-state index contributed by atoms with van der Waals surface area (Å²) >= 11 is 0. The van der Waals surface area contributed by atoms with Gasteiger partial charge in [0, 0.05) is 26.2 Å². The minimum atomic E-state index is -4.53. The summed E-state index contributed by atoms with van der Waals surface area (Å²) in [4.78, 5) is 23.8. The summed E-state index contributed by atoms with van der Waals surface area (Å²) in [6.07, 6.45) is -4.65. The van der Waals surface area contributed by atoms with Crippen LogP contribution in [0, 0.1) is 10.1 Å². The van der Waals surface area contributed by atoms with Crippen LogP contribution in [-0.4, -0.2) is 24.9 Å². The highest BCUT2D eigenvalue weighted by Gasteiger charge is 2.31. The third-order valence-electron chi connectivity index (χ3n) is 3.59. The molecule has 0 unspecified atom stereocenters. The molecule has 138 valence electrons. The second-order valence-electron chi connectivity index (χ2n) is 5.77. The molecule has 1 N–H and O–H groups in total. The number of benzene rings is 2. The van der Waals surface area contributed by atoms with E-state index in [9.17, 15) is 28.1 Å². The van der Waals surface area contributed by atoms with Crippen molar-refractivity contribution < 1.29 is 22.9 Å². The second kappa shape index (κ2) is 7.42. The molecule has 2 aromatic rings. The smallest absolute Gasteiger partial charge is 0.376 e.